The van der Waals surface area contributed by atoms with Crippen LogP contribution < -0.4 is 11.1 Å². The monoisotopic (exact) mass is 226 g/mol. The van der Waals surface area contributed by atoms with Gasteiger partial charge in [0.15, 0.2) is 0 Å². The number of nitrogen functional groups attached to an aromatic ring is 1. The lowest BCUT2D eigenvalue weighted by Crippen LogP contribution is -2.22. The molecule has 92 valence electrons. The molecular weight excluding hydrogens is 204 g/mol. The van der Waals surface area contributed by atoms with E-state index in [1.54, 1.807) is 11.8 Å². The first-order chi connectivity index (χ1) is 7.47. The van der Waals surface area contributed by atoms with Crippen LogP contribution in [0.15, 0.2) is 0 Å². The molecule has 16 heavy (non-hydrogen) atoms. The maximum atomic E-state index is 6.06. The Balaban J connectivity index is 2.88. The molecule has 1 atom stereocenters. The van der Waals surface area contributed by atoms with Gasteiger partial charge in [0, 0.05) is 20.2 Å². The molecule has 1 aromatic rings. The summed E-state index contributed by atoms with van der Waals surface area (Å²) < 4.78 is 6.87. The topological polar surface area (TPSA) is 65.1 Å². The molecule has 1 unspecified atom stereocenters. The molecular formula is C11H22N4O. The minimum atomic E-state index is 0.211. The normalized spacial score (nSPS) is 13.1. The fraction of sp³-hybridized carbons (Fsp3) is 0.727. The highest BCUT2D eigenvalue weighted by Crippen LogP contribution is 2.27. The highest BCUT2D eigenvalue weighted by atomic mass is 16.5. The lowest BCUT2D eigenvalue weighted by atomic mass is 10.1. The molecule has 0 saturated carbocycles. The number of hydrogen-bond acceptors (Lipinski definition) is 4. The maximum absolute atomic E-state index is 6.06. The number of aryl methyl sites for hydroxylation is 1. The number of rotatable bonds is 5. The van der Waals surface area contributed by atoms with E-state index < -0.39 is 0 Å². The van der Waals surface area contributed by atoms with Crippen LogP contribution in [0.25, 0.3) is 0 Å². The fourth-order valence-electron chi connectivity index (χ4n) is 1.68. The van der Waals surface area contributed by atoms with Crippen LogP contribution in [0.5, 0.6) is 0 Å². The molecule has 5 heteroatoms. The number of methoxy groups -OCH3 is 1. The molecule has 1 aromatic heterocycles. The van der Waals surface area contributed by atoms with Crippen molar-refractivity contribution in [3.63, 3.8) is 0 Å². The van der Waals surface area contributed by atoms with Crippen molar-refractivity contribution in [3.05, 3.63) is 5.69 Å². The first kappa shape index (κ1) is 12.8. The maximum Gasteiger partial charge on any atom is 0.148 e. The van der Waals surface area contributed by atoms with Crippen molar-refractivity contribution in [1.29, 1.82) is 0 Å². The number of nitrogens with two attached hydrogens (primary N) is 1. The Kier molecular flexibility index (Phi) is 4.18. The van der Waals surface area contributed by atoms with E-state index in [0.29, 0.717) is 12.5 Å². The van der Waals surface area contributed by atoms with Crippen LogP contribution in [0.1, 0.15) is 32.4 Å². The van der Waals surface area contributed by atoms with Gasteiger partial charge in [-0.25, -0.2) is 0 Å². The van der Waals surface area contributed by atoms with E-state index in [1.807, 2.05) is 14.0 Å². The standard InChI is InChI=1S/C11H22N4O/c1-7(2)10-9(12)11(15(4)14-10)13-8(3)6-16-5/h7-8,13H,6,12H2,1-5H3. The van der Waals surface area contributed by atoms with Crippen molar-refractivity contribution in [1.82, 2.24) is 9.78 Å². The van der Waals surface area contributed by atoms with Gasteiger partial charge >= 0.3 is 0 Å². The number of aromatic nitrogens is 2. The smallest absolute Gasteiger partial charge is 0.148 e. The van der Waals surface area contributed by atoms with Crippen LogP contribution in [0.2, 0.25) is 0 Å². The molecule has 0 aliphatic rings. The summed E-state index contributed by atoms with van der Waals surface area (Å²) in [7, 11) is 3.58. The van der Waals surface area contributed by atoms with E-state index in [4.69, 9.17) is 10.5 Å². The third-order valence-electron chi connectivity index (χ3n) is 2.46. The first-order valence-corrected chi connectivity index (χ1v) is 5.55. The number of nitrogens with zero attached hydrogens (tertiary/aromatic N) is 2. The van der Waals surface area contributed by atoms with Crippen LogP contribution in [0, 0.1) is 0 Å². The van der Waals surface area contributed by atoms with E-state index in [-0.39, 0.29) is 6.04 Å². The van der Waals surface area contributed by atoms with E-state index >= 15 is 0 Å². The zero-order chi connectivity index (χ0) is 12.3. The fourth-order valence-corrected chi connectivity index (χ4v) is 1.68. The first-order valence-electron chi connectivity index (χ1n) is 5.55. The number of nitrogens with one attached hydrogen (secondary N) is 1. The van der Waals surface area contributed by atoms with E-state index in [9.17, 15) is 0 Å². The van der Waals surface area contributed by atoms with Gasteiger partial charge in [-0.2, -0.15) is 5.10 Å². The summed E-state index contributed by atoms with van der Waals surface area (Å²) in [6, 6.07) is 0.211. The van der Waals surface area contributed by atoms with Crippen LogP contribution in [-0.2, 0) is 11.8 Å². The second-order valence-electron chi connectivity index (χ2n) is 4.43. The second kappa shape index (κ2) is 5.21. The summed E-state index contributed by atoms with van der Waals surface area (Å²) >= 11 is 0. The second-order valence-corrected chi connectivity index (χ2v) is 4.43. The lowest BCUT2D eigenvalue weighted by Gasteiger charge is -2.14. The highest BCUT2D eigenvalue weighted by molar-refractivity contribution is 5.66. The average Bonchev–Trinajstić information content (AvgIpc) is 2.46. The van der Waals surface area contributed by atoms with Gasteiger partial charge in [0.1, 0.15) is 5.82 Å². The number of ether oxygens (including phenoxy) is 1. The molecule has 5 nitrogen and oxygen atoms in total. The largest absolute Gasteiger partial charge is 0.394 e. The SMILES string of the molecule is COCC(C)Nc1c(N)c(C(C)C)nn1C. The Hall–Kier alpha value is -1.23. The lowest BCUT2D eigenvalue weighted by molar-refractivity contribution is 0.190. The minimum Gasteiger partial charge on any atom is -0.394 e. The molecule has 0 aromatic carbocycles. The van der Waals surface area contributed by atoms with Gasteiger partial charge in [-0.15, -0.1) is 0 Å². The molecule has 0 bridgehead atoms. The zero-order valence-electron chi connectivity index (χ0n) is 10.7. The molecule has 0 aliphatic carbocycles. The minimum absolute atomic E-state index is 0.211. The summed E-state index contributed by atoms with van der Waals surface area (Å²) in [6.45, 7) is 6.86. The third kappa shape index (κ3) is 2.66. The zero-order valence-corrected chi connectivity index (χ0v) is 10.7. The van der Waals surface area contributed by atoms with Gasteiger partial charge in [-0.3, -0.25) is 4.68 Å². The molecule has 1 rings (SSSR count). The highest BCUT2D eigenvalue weighted by Gasteiger charge is 2.16. The Labute approximate surface area is 97.0 Å². The summed E-state index contributed by atoms with van der Waals surface area (Å²) in [4.78, 5) is 0. The van der Waals surface area contributed by atoms with Crippen molar-refractivity contribution >= 4 is 11.5 Å². The van der Waals surface area contributed by atoms with Gasteiger partial charge in [-0.1, -0.05) is 13.8 Å². The number of anilines is 2. The predicted octanol–water partition coefficient (Wildman–Crippen LogP) is 1.57. The number of hydrogen-bond donors (Lipinski definition) is 2. The van der Waals surface area contributed by atoms with Crippen LogP contribution in [-0.4, -0.2) is 29.5 Å². The molecule has 3 N–H and O–H groups in total. The summed E-state index contributed by atoms with van der Waals surface area (Å²) in [5.41, 5.74) is 7.74. The molecule has 0 radical (unpaired) electrons. The Morgan fingerprint density at radius 3 is 2.50 bits per heavy atom. The molecule has 0 aliphatic heterocycles. The Morgan fingerprint density at radius 2 is 2.06 bits per heavy atom. The quantitative estimate of drug-likeness (QED) is 0.800. The van der Waals surface area contributed by atoms with Gasteiger partial charge in [0.25, 0.3) is 0 Å². The summed E-state index contributed by atoms with van der Waals surface area (Å²) in [5.74, 6) is 1.20. The van der Waals surface area contributed by atoms with Crippen molar-refractivity contribution in [2.45, 2.75) is 32.7 Å². The molecule has 0 fully saturated rings. The van der Waals surface area contributed by atoms with Gasteiger partial charge in [0.2, 0.25) is 0 Å². The van der Waals surface area contributed by atoms with Crippen molar-refractivity contribution in [3.8, 4) is 0 Å². The molecule has 0 amide bonds. The summed E-state index contributed by atoms with van der Waals surface area (Å²) in [6.07, 6.45) is 0. The van der Waals surface area contributed by atoms with Crippen LogP contribution in [0.3, 0.4) is 0 Å². The average molecular weight is 226 g/mol. The van der Waals surface area contributed by atoms with Gasteiger partial charge in [0.05, 0.1) is 18.0 Å². The molecule has 0 saturated heterocycles. The van der Waals surface area contributed by atoms with Crippen LogP contribution >= 0.6 is 0 Å². The molecule has 1 heterocycles. The van der Waals surface area contributed by atoms with Crippen molar-refractivity contribution in [2.75, 3.05) is 24.8 Å². The Morgan fingerprint density at radius 1 is 1.44 bits per heavy atom. The predicted molar refractivity (Wildman–Crippen MR) is 66.7 cm³/mol. The van der Waals surface area contributed by atoms with Gasteiger partial charge < -0.3 is 15.8 Å². The van der Waals surface area contributed by atoms with E-state index in [0.717, 1.165) is 17.2 Å². The summed E-state index contributed by atoms with van der Waals surface area (Å²) in [5, 5.41) is 7.72. The Bertz CT molecular complexity index is 346. The van der Waals surface area contributed by atoms with Gasteiger partial charge in [-0.05, 0) is 12.8 Å². The third-order valence-corrected chi connectivity index (χ3v) is 2.46. The molecule has 0 spiro atoms. The van der Waals surface area contributed by atoms with E-state index in [1.165, 1.54) is 0 Å². The van der Waals surface area contributed by atoms with E-state index in [2.05, 4.69) is 24.3 Å². The van der Waals surface area contributed by atoms with Crippen molar-refractivity contribution < 1.29 is 4.74 Å². The van der Waals surface area contributed by atoms with Crippen molar-refractivity contribution in [2.24, 2.45) is 7.05 Å². The van der Waals surface area contributed by atoms with Crippen LogP contribution in [0.4, 0.5) is 11.5 Å².